The lowest BCUT2D eigenvalue weighted by Crippen LogP contribution is -1.99. The first-order valence-electron chi connectivity index (χ1n) is 3.65. The Morgan fingerprint density at radius 3 is 2.54 bits per heavy atom. The number of benzene rings is 1. The molecule has 5 heteroatoms. The fourth-order valence-electron chi connectivity index (χ4n) is 1.19. The Bertz CT molecular complexity index is 509. The van der Waals surface area contributed by atoms with Crippen LogP contribution in [0.25, 0.3) is 10.9 Å². The predicted molar refractivity (Wildman–Crippen MR) is 48.6 cm³/mol. The van der Waals surface area contributed by atoms with Gasteiger partial charge in [0.1, 0.15) is 5.03 Å². The number of rotatable bonds is 1. The first-order valence-corrected chi connectivity index (χ1v) is 5.13. The van der Waals surface area contributed by atoms with E-state index in [9.17, 15) is 8.42 Å². The highest BCUT2D eigenvalue weighted by molar-refractivity contribution is 7.88. The SMILES string of the molecule is [NH]S(=O)(=O)c1cc2ccccc2[nH]1. The van der Waals surface area contributed by atoms with E-state index in [0.29, 0.717) is 0 Å². The second-order valence-corrected chi connectivity index (χ2v) is 4.17. The lowest BCUT2D eigenvalue weighted by Gasteiger charge is -1.87. The van der Waals surface area contributed by atoms with Gasteiger partial charge in [0.15, 0.2) is 0 Å². The first kappa shape index (κ1) is 8.28. The molecule has 0 spiro atoms. The Kier molecular flexibility index (Phi) is 1.64. The van der Waals surface area contributed by atoms with Crippen LogP contribution in [0.15, 0.2) is 35.4 Å². The fraction of sp³-hybridized carbons (Fsp3) is 0. The number of nitrogens with one attached hydrogen (secondary N) is 2. The van der Waals surface area contributed by atoms with E-state index in [0.717, 1.165) is 10.9 Å². The van der Waals surface area contributed by atoms with Crippen molar-refractivity contribution in [2.24, 2.45) is 0 Å². The number of hydrogen-bond acceptors (Lipinski definition) is 2. The van der Waals surface area contributed by atoms with Gasteiger partial charge in [-0.3, -0.25) is 0 Å². The zero-order valence-corrected chi connectivity index (χ0v) is 7.43. The van der Waals surface area contributed by atoms with Crippen LogP contribution in [0.1, 0.15) is 0 Å². The summed E-state index contributed by atoms with van der Waals surface area (Å²) in [7, 11) is -3.87. The molecule has 67 valence electrons. The molecule has 1 aromatic carbocycles. The molecule has 2 N–H and O–H groups in total. The Hall–Kier alpha value is -1.33. The maximum absolute atomic E-state index is 10.8. The molecule has 0 aliphatic carbocycles. The zero-order chi connectivity index (χ0) is 9.47. The van der Waals surface area contributed by atoms with Crippen molar-refractivity contribution in [3.63, 3.8) is 0 Å². The molecule has 0 amide bonds. The fourth-order valence-corrected chi connectivity index (χ4v) is 1.72. The molecule has 1 radical (unpaired) electrons. The summed E-state index contributed by atoms with van der Waals surface area (Å²) in [6, 6.07) is 8.64. The van der Waals surface area contributed by atoms with Gasteiger partial charge in [-0.1, -0.05) is 18.2 Å². The van der Waals surface area contributed by atoms with Crippen molar-refractivity contribution in [1.29, 1.82) is 0 Å². The minimum absolute atomic E-state index is 0.0614. The molecule has 0 unspecified atom stereocenters. The normalized spacial score (nSPS) is 12.1. The maximum Gasteiger partial charge on any atom is 0.269 e. The van der Waals surface area contributed by atoms with Crippen LogP contribution in [-0.4, -0.2) is 13.4 Å². The third kappa shape index (κ3) is 1.43. The smallest absolute Gasteiger partial charge is 0.269 e. The van der Waals surface area contributed by atoms with E-state index in [1.165, 1.54) is 6.07 Å². The second kappa shape index (κ2) is 2.58. The highest BCUT2D eigenvalue weighted by Gasteiger charge is 2.11. The lowest BCUT2D eigenvalue weighted by atomic mass is 10.3. The molecule has 2 aromatic rings. The number of H-pyrrole nitrogens is 1. The molecular formula is C8H7N2O2S. The zero-order valence-electron chi connectivity index (χ0n) is 6.61. The van der Waals surface area contributed by atoms with Gasteiger partial charge in [0, 0.05) is 10.9 Å². The maximum atomic E-state index is 10.8. The highest BCUT2D eigenvalue weighted by Crippen LogP contribution is 2.17. The standard InChI is InChI=1S/C8H7N2O2S/c9-13(11,12)8-5-6-3-1-2-4-7(6)10-8/h1-5,9-10H. The summed E-state index contributed by atoms with van der Waals surface area (Å²) in [6.07, 6.45) is 0. The summed E-state index contributed by atoms with van der Waals surface area (Å²) >= 11 is 0. The molecule has 0 atom stereocenters. The summed E-state index contributed by atoms with van der Waals surface area (Å²) < 4.78 is 21.7. The number of aromatic nitrogens is 1. The van der Waals surface area contributed by atoms with E-state index in [4.69, 9.17) is 5.14 Å². The van der Waals surface area contributed by atoms with Gasteiger partial charge < -0.3 is 4.98 Å². The summed E-state index contributed by atoms with van der Waals surface area (Å²) in [5.74, 6) is 0. The number of fused-ring (bicyclic) bond motifs is 1. The molecular weight excluding hydrogens is 188 g/mol. The number of para-hydroxylation sites is 1. The van der Waals surface area contributed by atoms with Crippen LogP contribution in [0.2, 0.25) is 0 Å². The van der Waals surface area contributed by atoms with Gasteiger partial charge in [0.2, 0.25) is 0 Å². The molecule has 13 heavy (non-hydrogen) atoms. The molecule has 0 fully saturated rings. The Morgan fingerprint density at radius 2 is 1.92 bits per heavy atom. The van der Waals surface area contributed by atoms with Gasteiger partial charge in [-0.2, -0.15) is 0 Å². The van der Waals surface area contributed by atoms with Crippen molar-refractivity contribution in [3.8, 4) is 0 Å². The summed E-state index contributed by atoms with van der Waals surface area (Å²) in [4.78, 5) is 2.66. The monoisotopic (exact) mass is 195 g/mol. The largest absolute Gasteiger partial charge is 0.344 e. The van der Waals surface area contributed by atoms with E-state index in [1.807, 2.05) is 6.07 Å². The quantitative estimate of drug-likeness (QED) is 0.740. The van der Waals surface area contributed by atoms with Crippen molar-refractivity contribution < 1.29 is 8.42 Å². The van der Waals surface area contributed by atoms with Gasteiger partial charge >= 0.3 is 0 Å². The molecule has 2 rings (SSSR count). The number of aromatic amines is 1. The average Bonchev–Trinajstić information content (AvgIpc) is 2.45. The molecule has 0 aliphatic heterocycles. The predicted octanol–water partition coefficient (Wildman–Crippen LogP) is 1.14. The number of sulfonamides is 1. The van der Waals surface area contributed by atoms with Crippen molar-refractivity contribution in [1.82, 2.24) is 10.1 Å². The molecule has 0 saturated heterocycles. The minimum Gasteiger partial charge on any atom is -0.344 e. The van der Waals surface area contributed by atoms with E-state index in [-0.39, 0.29) is 5.03 Å². The molecule has 0 aliphatic rings. The Labute approximate surface area is 75.4 Å². The van der Waals surface area contributed by atoms with Gasteiger partial charge in [-0.25, -0.2) is 8.42 Å². The van der Waals surface area contributed by atoms with Crippen LogP contribution in [0.5, 0.6) is 0 Å². The van der Waals surface area contributed by atoms with Crippen molar-refractivity contribution in [2.75, 3.05) is 0 Å². The Morgan fingerprint density at radius 1 is 1.23 bits per heavy atom. The Balaban J connectivity index is 2.77. The van der Waals surface area contributed by atoms with Crippen molar-refractivity contribution in [2.45, 2.75) is 5.03 Å². The molecule has 1 heterocycles. The van der Waals surface area contributed by atoms with Gasteiger partial charge in [0.25, 0.3) is 10.0 Å². The van der Waals surface area contributed by atoms with Crippen LogP contribution in [0, 0.1) is 0 Å². The molecule has 0 bridgehead atoms. The van der Waals surface area contributed by atoms with Gasteiger partial charge in [-0.05, 0) is 12.1 Å². The van der Waals surface area contributed by atoms with E-state index < -0.39 is 10.0 Å². The minimum atomic E-state index is -3.87. The van der Waals surface area contributed by atoms with E-state index in [1.54, 1.807) is 18.2 Å². The van der Waals surface area contributed by atoms with Crippen LogP contribution in [-0.2, 0) is 10.0 Å². The summed E-state index contributed by atoms with van der Waals surface area (Å²) in [5, 5.41) is 7.58. The summed E-state index contributed by atoms with van der Waals surface area (Å²) in [6.45, 7) is 0. The second-order valence-electron chi connectivity index (χ2n) is 2.72. The third-order valence-corrected chi connectivity index (χ3v) is 2.59. The topological polar surface area (TPSA) is 73.7 Å². The van der Waals surface area contributed by atoms with Gasteiger partial charge in [-0.15, -0.1) is 5.14 Å². The molecule has 0 saturated carbocycles. The van der Waals surface area contributed by atoms with Crippen molar-refractivity contribution >= 4 is 20.9 Å². The molecule has 1 aromatic heterocycles. The van der Waals surface area contributed by atoms with Crippen LogP contribution >= 0.6 is 0 Å². The van der Waals surface area contributed by atoms with Gasteiger partial charge in [0.05, 0.1) is 0 Å². The third-order valence-electron chi connectivity index (χ3n) is 1.79. The van der Waals surface area contributed by atoms with Crippen LogP contribution in [0.3, 0.4) is 0 Å². The van der Waals surface area contributed by atoms with E-state index >= 15 is 0 Å². The highest BCUT2D eigenvalue weighted by atomic mass is 32.2. The van der Waals surface area contributed by atoms with Crippen LogP contribution < -0.4 is 5.14 Å². The molecule has 4 nitrogen and oxygen atoms in total. The van der Waals surface area contributed by atoms with E-state index in [2.05, 4.69) is 4.98 Å². The number of hydrogen-bond donors (Lipinski definition) is 1. The van der Waals surface area contributed by atoms with Crippen molar-refractivity contribution in [3.05, 3.63) is 30.3 Å². The lowest BCUT2D eigenvalue weighted by molar-refractivity contribution is 0.593. The average molecular weight is 195 g/mol. The summed E-state index contributed by atoms with van der Waals surface area (Å²) in [5.41, 5.74) is 0.730. The van der Waals surface area contributed by atoms with Crippen LogP contribution in [0.4, 0.5) is 0 Å². The first-order chi connectivity index (χ1) is 6.07.